The molecule has 0 radical (unpaired) electrons. The highest BCUT2D eigenvalue weighted by molar-refractivity contribution is 5.98. The molecule has 2 atom stereocenters. The van der Waals surface area contributed by atoms with E-state index in [0.29, 0.717) is 35.2 Å². The lowest BCUT2D eigenvalue weighted by molar-refractivity contribution is 0.107. The predicted octanol–water partition coefficient (Wildman–Crippen LogP) is 4.67. The Balaban J connectivity index is 1.68. The van der Waals surface area contributed by atoms with Gasteiger partial charge in [0.1, 0.15) is 23.0 Å². The second kappa shape index (κ2) is 6.93. The van der Waals surface area contributed by atoms with Gasteiger partial charge in [0, 0.05) is 35.5 Å². The summed E-state index contributed by atoms with van der Waals surface area (Å²) in [7, 11) is 0. The first-order chi connectivity index (χ1) is 12.9. The molecule has 3 aromatic rings. The van der Waals surface area contributed by atoms with Crippen molar-refractivity contribution in [1.82, 2.24) is 15.3 Å². The average Bonchev–Trinajstić information content (AvgIpc) is 3.04. The van der Waals surface area contributed by atoms with E-state index >= 15 is 0 Å². The maximum Gasteiger partial charge on any atom is 0.141 e. The van der Waals surface area contributed by atoms with Crippen LogP contribution >= 0.6 is 0 Å². The Bertz CT molecular complexity index is 951. The van der Waals surface area contributed by atoms with Crippen molar-refractivity contribution in [1.29, 1.82) is 0 Å². The van der Waals surface area contributed by atoms with E-state index in [9.17, 15) is 8.78 Å². The van der Waals surface area contributed by atoms with Crippen molar-refractivity contribution in [2.45, 2.75) is 32.7 Å². The van der Waals surface area contributed by atoms with Crippen LogP contribution in [-0.2, 0) is 0 Å². The molecule has 142 valence electrons. The Hall–Kier alpha value is -2.47. The third-order valence-corrected chi connectivity index (χ3v) is 5.31. The SMILES string of the molecule is CC1CC(C)(COc2ccnc3[nH]cc(-c4cc(F)cc(F)c4)c23)CCN1. The molecule has 0 saturated carbocycles. The summed E-state index contributed by atoms with van der Waals surface area (Å²) >= 11 is 0. The van der Waals surface area contributed by atoms with Crippen LogP contribution in [0.1, 0.15) is 26.7 Å². The first kappa shape index (κ1) is 17.9. The topological polar surface area (TPSA) is 49.9 Å². The zero-order valence-electron chi connectivity index (χ0n) is 15.5. The number of ether oxygens (including phenoxy) is 1. The molecule has 1 aliphatic rings. The molecule has 27 heavy (non-hydrogen) atoms. The third-order valence-electron chi connectivity index (χ3n) is 5.31. The van der Waals surface area contributed by atoms with Gasteiger partial charge in [-0.3, -0.25) is 0 Å². The van der Waals surface area contributed by atoms with Crippen molar-refractivity contribution < 1.29 is 13.5 Å². The summed E-state index contributed by atoms with van der Waals surface area (Å²) in [5.41, 5.74) is 1.85. The number of aromatic amines is 1. The maximum atomic E-state index is 13.7. The number of rotatable bonds is 4. The molecule has 2 N–H and O–H groups in total. The van der Waals surface area contributed by atoms with Crippen molar-refractivity contribution >= 4 is 11.0 Å². The van der Waals surface area contributed by atoms with Crippen molar-refractivity contribution in [3.8, 4) is 16.9 Å². The zero-order valence-corrected chi connectivity index (χ0v) is 15.5. The lowest BCUT2D eigenvalue weighted by Gasteiger charge is -2.37. The minimum Gasteiger partial charge on any atom is -0.492 e. The van der Waals surface area contributed by atoms with Gasteiger partial charge in [0.05, 0.1) is 12.0 Å². The van der Waals surface area contributed by atoms with Crippen LogP contribution in [0.25, 0.3) is 22.2 Å². The summed E-state index contributed by atoms with van der Waals surface area (Å²) < 4.78 is 33.6. The molecule has 2 aromatic heterocycles. The van der Waals surface area contributed by atoms with E-state index in [-0.39, 0.29) is 5.41 Å². The van der Waals surface area contributed by atoms with Gasteiger partial charge in [-0.2, -0.15) is 0 Å². The van der Waals surface area contributed by atoms with E-state index in [1.165, 1.54) is 12.1 Å². The molecule has 0 aliphatic carbocycles. The average molecular weight is 371 g/mol. The molecule has 0 amide bonds. The van der Waals surface area contributed by atoms with Crippen molar-refractivity contribution in [3.63, 3.8) is 0 Å². The summed E-state index contributed by atoms with van der Waals surface area (Å²) in [4.78, 5) is 7.40. The fraction of sp³-hybridized carbons (Fsp3) is 0.381. The van der Waals surface area contributed by atoms with Gasteiger partial charge in [-0.05, 0) is 50.1 Å². The molecule has 3 heterocycles. The van der Waals surface area contributed by atoms with E-state index in [1.807, 2.05) is 6.07 Å². The molecule has 0 bridgehead atoms. The highest BCUT2D eigenvalue weighted by Crippen LogP contribution is 2.37. The number of nitrogens with one attached hydrogen (secondary N) is 2. The van der Waals surface area contributed by atoms with Crippen molar-refractivity contribution in [3.05, 3.63) is 48.3 Å². The van der Waals surface area contributed by atoms with Gasteiger partial charge in [0.2, 0.25) is 0 Å². The number of hydrogen-bond donors (Lipinski definition) is 2. The molecule has 4 nitrogen and oxygen atoms in total. The number of aromatic nitrogens is 2. The lowest BCUT2D eigenvalue weighted by atomic mass is 9.79. The summed E-state index contributed by atoms with van der Waals surface area (Å²) in [6, 6.07) is 5.77. The Kier molecular flexibility index (Phi) is 4.60. The van der Waals surface area contributed by atoms with Crippen LogP contribution < -0.4 is 10.1 Å². The molecule has 0 spiro atoms. The van der Waals surface area contributed by atoms with Gasteiger partial charge in [-0.25, -0.2) is 13.8 Å². The van der Waals surface area contributed by atoms with Gasteiger partial charge < -0.3 is 15.0 Å². The summed E-state index contributed by atoms with van der Waals surface area (Å²) in [6.07, 6.45) is 5.47. The molecule has 4 rings (SSSR count). The van der Waals surface area contributed by atoms with E-state index in [1.54, 1.807) is 12.4 Å². The standard InChI is InChI=1S/C21H23F2N3O/c1-13-10-21(2,4-6-24-13)12-27-18-3-5-25-20-19(18)17(11-26-20)14-7-15(22)9-16(23)8-14/h3,5,7-9,11,13,24H,4,6,10,12H2,1-2H3,(H,25,26). The first-order valence-corrected chi connectivity index (χ1v) is 9.22. The Labute approximate surface area is 157 Å². The number of piperidine rings is 1. The Morgan fingerprint density at radius 3 is 2.78 bits per heavy atom. The normalized spacial score (nSPS) is 22.9. The second-order valence-corrected chi connectivity index (χ2v) is 7.80. The van der Waals surface area contributed by atoms with Gasteiger partial charge >= 0.3 is 0 Å². The third kappa shape index (κ3) is 3.67. The van der Waals surface area contributed by atoms with Gasteiger partial charge in [0.15, 0.2) is 0 Å². The van der Waals surface area contributed by atoms with Crippen LogP contribution in [0.2, 0.25) is 0 Å². The highest BCUT2D eigenvalue weighted by Gasteiger charge is 2.31. The molecular weight excluding hydrogens is 348 g/mol. The summed E-state index contributed by atoms with van der Waals surface area (Å²) in [6.45, 7) is 5.98. The lowest BCUT2D eigenvalue weighted by Crippen LogP contribution is -2.43. The van der Waals surface area contributed by atoms with E-state index in [2.05, 4.69) is 29.1 Å². The minimum absolute atomic E-state index is 0.0850. The van der Waals surface area contributed by atoms with Crippen LogP contribution in [0, 0.1) is 17.0 Å². The van der Waals surface area contributed by atoms with E-state index in [0.717, 1.165) is 30.8 Å². The fourth-order valence-electron chi connectivity index (χ4n) is 4.00. The number of hydrogen-bond acceptors (Lipinski definition) is 3. The summed E-state index contributed by atoms with van der Waals surface area (Å²) in [5, 5.41) is 4.20. The number of H-pyrrole nitrogens is 1. The summed E-state index contributed by atoms with van der Waals surface area (Å²) in [5.74, 6) is -0.544. The number of fused-ring (bicyclic) bond motifs is 1. The smallest absolute Gasteiger partial charge is 0.141 e. The highest BCUT2D eigenvalue weighted by atomic mass is 19.1. The zero-order chi connectivity index (χ0) is 19.0. The fourth-order valence-corrected chi connectivity index (χ4v) is 4.00. The maximum absolute atomic E-state index is 13.7. The van der Waals surface area contributed by atoms with Crippen LogP contribution in [0.3, 0.4) is 0 Å². The Morgan fingerprint density at radius 2 is 2.04 bits per heavy atom. The monoisotopic (exact) mass is 371 g/mol. The molecule has 1 saturated heterocycles. The molecule has 1 aliphatic heterocycles. The molecule has 2 unspecified atom stereocenters. The molecular formula is C21H23F2N3O. The number of halogens is 2. The van der Waals surface area contributed by atoms with E-state index < -0.39 is 11.6 Å². The second-order valence-electron chi connectivity index (χ2n) is 7.80. The number of pyridine rings is 1. The van der Waals surface area contributed by atoms with Crippen LogP contribution in [0.5, 0.6) is 5.75 Å². The predicted molar refractivity (Wildman–Crippen MR) is 102 cm³/mol. The number of nitrogens with zero attached hydrogens (tertiary/aromatic N) is 1. The van der Waals surface area contributed by atoms with Crippen LogP contribution in [-0.4, -0.2) is 29.2 Å². The van der Waals surface area contributed by atoms with Gasteiger partial charge in [0.25, 0.3) is 0 Å². The minimum atomic E-state index is -0.609. The van der Waals surface area contributed by atoms with Crippen LogP contribution in [0.4, 0.5) is 8.78 Å². The van der Waals surface area contributed by atoms with E-state index in [4.69, 9.17) is 4.74 Å². The van der Waals surface area contributed by atoms with Gasteiger partial charge in [-0.15, -0.1) is 0 Å². The van der Waals surface area contributed by atoms with Crippen molar-refractivity contribution in [2.75, 3.05) is 13.2 Å². The molecule has 6 heteroatoms. The molecule has 1 aromatic carbocycles. The number of benzene rings is 1. The quantitative estimate of drug-likeness (QED) is 0.701. The van der Waals surface area contributed by atoms with Crippen LogP contribution in [0.15, 0.2) is 36.7 Å². The van der Waals surface area contributed by atoms with Gasteiger partial charge in [-0.1, -0.05) is 6.92 Å². The van der Waals surface area contributed by atoms with Crippen molar-refractivity contribution in [2.24, 2.45) is 5.41 Å². The largest absolute Gasteiger partial charge is 0.492 e. The Morgan fingerprint density at radius 1 is 1.26 bits per heavy atom. The first-order valence-electron chi connectivity index (χ1n) is 9.22. The molecule has 1 fully saturated rings.